The molecule has 1 amide bonds. The van der Waals surface area contributed by atoms with Crippen LogP contribution in [0.2, 0.25) is 5.02 Å². The molecule has 0 unspecified atom stereocenters. The fourth-order valence-corrected chi connectivity index (χ4v) is 2.53. The van der Waals surface area contributed by atoms with Gasteiger partial charge in [-0.1, -0.05) is 11.6 Å². The predicted molar refractivity (Wildman–Crippen MR) is 98.3 cm³/mol. The number of rotatable bonds is 5. The number of nitrogens with zero attached hydrogens (tertiary/aromatic N) is 4. The zero-order valence-electron chi connectivity index (χ0n) is 14.3. The highest BCUT2D eigenvalue weighted by molar-refractivity contribution is 6.34. The third-order valence-electron chi connectivity index (χ3n) is 3.71. The summed E-state index contributed by atoms with van der Waals surface area (Å²) in [5.41, 5.74) is 0.585. The molecule has 1 N–H and O–H groups in total. The van der Waals surface area contributed by atoms with E-state index in [2.05, 4.69) is 15.4 Å². The quantitative estimate of drug-likeness (QED) is 0.527. The number of carbonyl (C=O) groups excluding carboxylic acids is 1. The van der Waals surface area contributed by atoms with Crippen molar-refractivity contribution in [1.82, 2.24) is 14.8 Å². The van der Waals surface area contributed by atoms with Crippen LogP contribution in [0, 0.1) is 17.0 Å². The van der Waals surface area contributed by atoms with Crippen LogP contribution in [0.25, 0.3) is 0 Å². The molecule has 3 rings (SSSR count). The number of amides is 1. The highest BCUT2D eigenvalue weighted by Crippen LogP contribution is 2.30. The van der Waals surface area contributed by atoms with E-state index in [-0.39, 0.29) is 27.8 Å². The largest absolute Gasteiger partial charge is 0.455 e. The maximum Gasteiger partial charge on any atom is 0.277 e. The summed E-state index contributed by atoms with van der Waals surface area (Å²) in [5, 5.41) is 18.0. The zero-order chi connectivity index (χ0) is 19.6. The van der Waals surface area contributed by atoms with Crippen molar-refractivity contribution in [3.63, 3.8) is 0 Å². The fraction of sp³-hybridized carbons (Fsp3) is 0.118. The molecule has 2 aromatic heterocycles. The van der Waals surface area contributed by atoms with Crippen molar-refractivity contribution in [2.24, 2.45) is 7.05 Å². The summed E-state index contributed by atoms with van der Waals surface area (Å²) < 4.78 is 7.05. The van der Waals surface area contributed by atoms with E-state index in [1.165, 1.54) is 29.1 Å². The van der Waals surface area contributed by atoms with Crippen molar-refractivity contribution < 1.29 is 14.5 Å². The lowest BCUT2D eigenvalue weighted by Gasteiger charge is -2.08. The third-order valence-corrected chi connectivity index (χ3v) is 4.16. The van der Waals surface area contributed by atoms with Crippen LogP contribution < -0.4 is 10.1 Å². The van der Waals surface area contributed by atoms with Crippen LogP contribution in [-0.2, 0) is 7.05 Å². The molecule has 0 saturated carbocycles. The van der Waals surface area contributed by atoms with Gasteiger partial charge in [0.2, 0.25) is 0 Å². The van der Waals surface area contributed by atoms with Crippen LogP contribution in [0.5, 0.6) is 11.5 Å². The lowest BCUT2D eigenvalue weighted by Crippen LogP contribution is -2.13. The average Bonchev–Trinajstić information content (AvgIpc) is 2.90. The first kappa shape index (κ1) is 18.3. The molecule has 0 aliphatic carbocycles. The molecule has 0 aliphatic rings. The van der Waals surface area contributed by atoms with E-state index in [1.54, 1.807) is 32.3 Å². The Labute approximate surface area is 158 Å². The van der Waals surface area contributed by atoms with Crippen molar-refractivity contribution in [2.45, 2.75) is 6.92 Å². The molecule has 138 valence electrons. The number of hydrogen-bond acceptors (Lipinski definition) is 6. The van der Waals surface area contributed by atoms with Crippen LogP contribution in [0.1, 0.15) is 16.2 Å². The van der Waals surface area contributed by atoms with Gasteiger partial charge >= 0.3 is 0 Å². The second-order valence-corrected chi connectivity index (χ2v) is 5.97. The second kappa shape index (κ2) is 7.42. The van der Waals surface area contributed by atoms with Crippen molar-refractivity contribution in [3.8, 4) is 11.5 Å². The first-order valence-corrected chi connectivity index (χ1v) is 8.10. The molecule has 2 heterocycles. The molecule has 0 fully saturated rings. The van der Waals surface area contributed by atoms with E-state index >= 15 is 0 Å². The molecule has 10 heteroatoms. The Morgan fingerprint density at radius 2 is 2.11 bits per heavy atom. The van der Waals surface area contributed by atoms with Gasteiger partial charge in [-0.25, -0.2) is 0 Å². The molecular formula is C17H14ClN5O4. The normalized spacial score (nSPS) is 10.5. The topological polar surface area (TPSA) is 112 Å². The number of benzene rings is 1. The summed E-state index contributed by atoms with van der Waals surface area (Å²) in [6, 6.07) is 7.25. The number of halogens is 1. The molecule has 0 bridgehead atoms. The van der Waals surface area contributed by atoms with E-state index in [0.717, 1.165) is 0 Å². The Hall–Kier alpha value is -3.46. The van der Waals surface area contributed by atoms with E-state index in [1.807, 2.05) is 0 Å². The fourth-order valence-electron chi connectivity index (χ4n) is 2.28. The number of non-ortho nitro benzene ring substituents is 1. The number of anilines is 1. The summed E-state index contributed by atoms with van der Waals surface area (Å²) >= 11 is 6.11. The number of hydrogen-bond donors (Lipinski definition) is 1. The smallest absolute Gasteiger partial charge is 0.277 e. The first-order chi connectivity index (χ1) is 12.8. The monoisotopic (exact) mass is 387 g/mol. The molecule has 0 spiro atoms. The summed E-state index contributed by atoms with van der Waals surface area (Å²) in [7, 11) is 1.66. The Bertz CT molecular complexity index is 1020. The van der Waals surface area contributed by atoms with Gasteiger partial charge in [-0.3, -0.25) is 24.6 Å². The van der Waals surface area contributed by atoms with Crippen LogP contribution in [0.3, 0.4) is 0 Å². The molecular weight excluding hydrogens is 374 g/mol. The molecule has 0 saturated heterocycles. The predicted octanol–water partition coefficient (Wildman–Crippen LogP) is 3.73. The van der Waals surface area contributed by atoms with Gasteiger partial charge in [-0.15, -0.1) is 0 Å². The highest BCUT2D eigenvalue weighted by atomic mass is 35.5. The van der Waals surface area contributed by atoms with Crippen molar-refractivity contribution in [1.29, 1.82) is 0 Å². The number of nitro groups is 1. The summed E-state index contributed by atoms with van der Waals surface area (Å²) in [6.07, 6.45) is 3.04. The molecule has 9 nitrogen and oxygen atoms in total. The van der Waals surface area contributed by atoms with Crippen LogP contribution in [0.4, 0.5) is 11.4 Å². The van der Waals surface area contributed by atoms with E-state index in [4.69, 9.17) is 16.3 Å². The van der Waals surface area contributed by atoms with Gasteiger partial charge in [0.05, 0.1) is 33.6 Å². The van der Waals surface area contributed by atoms with Gasteiger partial charge in [0.25, 0.3) is 11.6 Å². The number of nitrogens with one attached hydrogen (secondary N) is 1. The van der Waals surface area contributed by atoms with Gasteiger partial charge in [0, 0.05) is 25.4 Å². The van der Waals surface area contributed by atoms with Crippen LogP contribution in [0.15, 0.2) is 42.7 Å². The SMILES string of the molecule is Cc1c(Cl)c(C(=O)Nc2cc(Oc3cccnc3)cc([N+](=O)[O-])c2)nn1C. The van der Waals surface area contributed by atoms with Gasteiger partial charge in [-0.2, -0.15) is 5.10 Å². The Morgan fingerprint density at radius 3 is 2.70 bits per heavy atom. The number of nitro benzene ring substituents is 1. The lowest BCUT2D eigenvalue weighted by molar-refractivity contribution is -0.384. The number of aromatic nitrogens is 3. The third kappa shape index (κ3) is 4.04. The number of aryl methyl sites for hydroxylation is 1. The second-order valence-electron chi connectivity index (χ2n) is 5.59. The highest BCUT2D eigenvalue weighted by Gasteiger charge is 2.20. The van der Waals surface area contributed by atoms with Gasteiger partial charge in [-0.05, 0) is 19.1 Å². The van der Waals surface area contributed by atoms with Gasteiger partial charge in [0.15, 0.2) is 5.69 Å². The molecule has 27 heavy (non-hydrogen) atoms. The van der Waals surface area contributed by atoms with Crippen molar-refractivity contribution in [2.75, 3.05) is 5.32 Å². The Kier molecular flexibility index (Phi) is 5.04. The van der Waals surface area contributed by atoms with E-state index < -0.39 is 10.8 Å². The van der Waals surface area contributed by atoms with E-state index in [0.29, 0.717) is 11.4 Å². The average molecular weight is 388 g/mol. The molecule has 1 aromatic carbocycles. The summed E-state index contributed by atoms with van der Waals surface area (Å²) in [5.74, 6) is -0.00834. The number of pyridine rings is 1. The maximum absolute atomic E-state index is 12.5. The summed E-state index contributed by atoms with van der Waals surface area (Å²) in [4.78, 5) is 27.0. The Balaban J connectivity index is 1.91. The molecule has 0 radical (unpaired) electrons. The van der Waals surface area contributed by atoms with Crippen molar-refractivity contribution >= 4 is 28.9 Å². The van der Waals surface area contributed by atoms with Crippen LogP contribution >= 0.6 is 11.6 Å². The van der Waals surface area contributed by atoms with Crippen molar-refractivity contribution in [3.05, 3.63) is 69.3 Å². The Morgan fingerprint density at radius 1 is 1.33 bits per heavy atom. The molecule has 3 aromatic rings. The molecule has 0 atom stereocenters. The standard InChI is InChI=1S/C17H14ClN5O4/c1-10-15(18)16(21-22(10)2)17(24)20-11-6-12(23(25)26)8-14(7-11)27-13-4-3-5-19-9-13/h3-9H,1-2H3,(H,20,24). The van der Waals surface area contributed by atoms with Crippen LogP contribution in [-0.4, -0.2) is 25.6 Å². The van der Waals surface area contributed by atoms with Gasteiger partial charge < -0.3 is 10.1 Å². The van der Waals surface area contributed by atoms with E-state index in [9.17, 15) is 14.9 Å². The number of carbonyl (C=O) groups is 1. The number of ether oxygens (including phenoxy) is 1. The van der Waals surface area contributed by atoms with Gasteiger partial charge in [0.1, 0.15) is 11.5 Å². The minimum Gasteiger partial charge on any atom is -0.455 e. The summed E-state index contributed by atoms with van der Waals surface area (Å²) in [6.45, 7) is 1.72. The molecule has 0 aliphatic heterocycles. The minimum atomic E-state index is -0.587. The lowest BCUT2D eigenvalue weighted by atomic mass is 10.2. The minimum absolute atomic E-state index is 0.0258. The zero-order valence-corrected chi connectivity index (χ0v) is 15.1. The first-order valence-electron chi connectivity index (χ1n) is 7.73. The maximum atomic E-state index is 12.5.